The highest BCUT2D eigenvalue weighted by atomic mass is 79.9. The summed E-state index contributed by atoms with van der Waals surface area (Å²) in [7, 11) is 1.25. The number of esters is 1. The zero-order valence-corrected chi connectivity index (χ0v) is 13.7. The van der Waals surface area contributed by atoms with Gasteiger partial charge in [0.25, 0.3) is 0 Å². The number of rotatable bonds is 5. The van der Waals surface area contributed by atoms with Crippen molar-refractivity contribution in [2.45, 2.75) is 0 Å². The quantitative estimate of drug-likeness (QED) is 0.578. The molecule has 0 radical (unpaired) electrons. The molecule has 0 saturated heterocycles. The van der Waals surface area contributed by atoms with E-state index in [1.54, 1.807) is 6.07 Å². The lowest BCUT2D eigenvalue weighted by molar-refractivity contribution is -0.114. The van der Waals surface area contributed by atoms with Gasteiger partial charge in [0.15, 0.2) is 0 Å². The highest BCUT2D eigenvalue weighted by Gasteiger charge is 2.11. The Morgan fingerprint density at radius 3 is 1.80 bits per heavy atom. The minimum absolute atomic E-state index is 0.124. The Balaban J connectivity index is 3.10. The van der Waals surface area contributed by atoms with Crippen LogP contribution >= 0.6 is 31.9 Å². The van der Waals surface area contributed by atoms with Crippen LogP contribution in [0.1, 0.15) is 10.4 Å². The lowest BCUT2D eigenvalue weighted by Crippen LogP contribution is -2.16. The second-order valence-electron chi connectivity index (χ2n) is 3.65. The van der Waals surface area contributed by atoms with E-state index in [4.69, 9.17) is 0 Å². The molecule has 0 aliphatic rings. The summed E-state index contributed by atoms with van der Waals surface area (Å²) in [5.74, 6) is -1.11. The predicted octanol–water partition coefficient (Wildman–Crippen LogP) is 2.14. The molecular weight excluding hydrogens is 396 g/mol. The summed E-state index contributed by atoms with van der Waals surface area (Å²) in [5, 5.41) is 5.42. The van der Waals surface area contributed by atoms with Gasteiger partial charge >= 0.3 is 5.97 Å². The third-order valence-corrected chi connectivity index (χ3v) is 3.18. The van der Waals surface area contributed by atoms with Crippen LogP contribution in [0.5, 0.6) is 0 Å². The lowest BCUT2D eigenvalue weighted by Gasteiger charge is -2.10. The average molecular weight is 408 g/mol. The largest absolute Gasteiger partial charge is 0.465 e. The third kappa shape index (κ3) is 4.93. The van der Waals surface area contributed by atoms with Gasteiger partial charge in [0.1, 0.15) is 0 Å². The van der Waals surface area contributed by atoms with Crippen LogP contribution in [-0.4, -0.2) is 35.6 Å². The molecule has 20 heavy (non-hydrogen) atoms. The van der Waals surface area contributed by atoms with Crippen LogP contribution in [0.4, 0.5) is 11.4 Å². The van der Waals surface area contributed by atoms with Gasteiger partial charge in [0.2, 0.25) is 11.8 Å². The molecule has 1 aromatic carbocycles. The van der Waals surface area contributed by atoms with Crippen molar-refractivity contribution < 1.29 is 19.1 Å². The molecule has 0 spiro atoms. The van der Waals surface area contributed by atoms with E-state index in [9.17, 15) is 14.4 Å². The molecule has 0 atom stereocenters. The van der Waals surface area contributed by atoms with Gasteiger partial charge < -0.3 is 15.4 Å². The first-order chi connectivity index (χ1) is 9.49. The van der Waals surface area contributed by atoms with Crippen LogP contribution < -0.4 is 10.6 Å². The summed E-state index contributed by atoms with van der Waals surface area (Å²) in [6, 6.07) is 4.49. The number of methoxy groups -OCH3 is 1. The van der Waals surface area contributed by atoms with Crippen molar-refractivity contribution in [1.29, 1.82) is 0 Å². The van der Waals surface area contributed by atoms with Gasteiger partial charge in [-0.3, -0.25) is 9.59 Å². The summed E-state index contributed by atoms with van der Waals surface area (Å²) in [6.45, 7) is 0. The predicted molar refractivity (Wildman–Crippen MR) is 82.6 cm³/mol. The van der Waals surface area contributed by atoms with E-state index >= 15 is 0 Å². The summed E-state index contributed by atoms with van der Waals surface area (Å²) < 4.78 is 4.63. The molecule has 108 valence electrons. The molecule has 0 saturated carbocycles. The number of ether oxygens (including phenoxy) is 1. The van der Waals surface area contributed by atoms with Gasteiger partial charge in [0, 0.05) is 11.4 Å². The van der Waals surface area contributed by atoms with Crippen molar-refractivity contribution in [1.82, 2.24) is 0 Å². The fourth-order valence-corrected chi connectivity index (χ4v) is 1.68. The number of carbonyl (C=O) groups excluding carboxylic acids is 3. The fraction of sp³-hybridized carbons (Fsp3) is 0.250. The first kappa shape index (κ1) is 16.6. The Morgan fingerprint density at radius 1 is 1.00 bits per heavy atom. The maximum Gasteiger partial charge on any atom is 0.337 e. The van der Waals surface area contributed by atoms with Crippen molar-refractivity contribution >= 4 is 61.0 Å². The van der Waals surface area contributed by atoms with E-state index in [1.165, 1.54) is 19.2 Å². The van der Waals surface area contributed by atoms with E-state index < -0.39 is 5.97 Å². The zero-order chi connectivity index (χ0) is 15.1. The van der Waals surface area contributed by atoms with Crippen LogP contribution in [0, 0.1) is 0 Å². The van der Waals surface area contributed by atoms with Crippen molar-refractivity contribution in [2.75, 3.05) is 28.4 Å². The number of halogens is 2. The standard InChI is InChI=1S/C12H12Br2N2O4/c1-20-12(19)7-2-8(15-10(17)5-13)4-9(3-7)16-11(18)6-14/h2-4H,5-6H2,1H3,(H,15,17)(H,16,18). The zero-order valence-electron chi connectivity index (χ0n) is 10.5. The van der Waals surface area contributed by atoms with Crippen LogP contribution in [0.25, 0.3) is 0 Å². The molecule has 8 heteroatoms. The van der Waals surface area contributed by atoms with Gasteiger partial charge in [0.05, 0.1) is 23.3 Å². The van der Waals surface area contributed by atoms with E-state index in [-0.39, 0.29) is 28.0 Å². The maximum absolute atomic E-state index is 11.6. The molecule has 1 aromatic rings. The number of amides is 2. The smallest absolute Gasteiger partial charge is 0.337 e. The van der Waals surface area contributed by atoms with Crippen LogP contribution in [-0.2, 0) is 14.3 Å². The lowest BCUT2D eigenvalue weighted by atomic mass is 10.1. The normalized spacial score (nSPS) is 9.75. The number of carbonyl (C=O) groups is 3. The minimum Gasteiger partial charge on any atom is -0.465 e. The molecule has 0 aliphatic heterocycles. The number of benzene rings is 1. The summed E-state index contributed by atoms with van der Waals surface area (Å²) in [4.78, 5) is 34.3. The topological polar surface area (TPSA) is 84.5 Å². The van der Waals surface area contributed by atoms with Crippen molar-refractivity contribution in [3.8, 4) is 0 Å². The van der Waals surface area contributed by atoms with E-state index in [2.05, 4.69) is 47.2 Å². The number of hydrogen-bond donors (Lipinski definition) is 2. The molecule has 2 N–H and O–H groups in total. The van der Waals surface area contributed by atoms with Gasteiger partial charge in [-0.05, 0) is 18.2 Å². The van der Waals surface area contributed by atoms with Crippen molar-refractivity contribution in [3.63, 3.8) is 0 Å². The molecule has 0 bridgehead atoms. The van der Waals surface area contributed by atoms with E-state index in [0.717, 1.165) is 0 Å². The highest BCUT2D eigenvalue weighted by molar-refractivity contribution is 9.09. The van der Waals surface area contributed by atoms with E-state index in [1.807, 2.05) is 0 Å². The Morgan fingerprint density at radius 2 is 1.45 bits per heavy atom. The Labute approximate surface area is 132 Å². The van der Waals surface area contributed by atoms with Crippen molar-refractivity contribution in [3.05, 3.63) is 23.8 Å². The molecular formula is C12H12Br2N2O4. The Kier molecular flexibility index (Phi) is 6.66. The Hall–Kier alpha value is -1.41. The molecule has 0 unspecified atom stereocenters. The van der Waals surface area contributed by atoms with Gasteiger partial charge in [-0.1, -0.05) is 31.9 Å². The molecule has 6 nitrogen and oxygen atoms in total. The Bertz CT molecular complexity index is 498. The van der Waals surface area contributed by atoms with Gasteiger partial charge in [-0.2, -0.15) is 0 Å². The fourth-order valence-electron chi connectivity index (χ4n) is 1.40. The summed E-state index contributed by atoms with van der Waals surface area (Å²) in [5.41, 5.74) is 1.01. The number of hydrogen-bond acceptors (Lipinski definition) is 4. The maximum atomic E-state index is 11.6. The first-order valence-electron chi connectivity index (χ1n) is 5.45. The highest BCUT2D eigenvalue weighted by Crippen LogP contribution is 2.20. The van der Waals surface area contributed by atoms with Crippen LogP contribution in [0.15, 0.2) is 18.2 Å². The van der Waals surface area contributed by atoms with Crippen molar-refractivity contribution in [2.24, 2.45) is 0 Å². The molecule has 2 amide bonds. The average Bonchev–Trinajstić information content (AvgIpc) is 2.45. The molecule has 0 aromatic heterocycles. The third-order valence-electron chi connectivity index (χ3n) is 2.16. The number of anilines is 2. The molecule has 1 rings (SSSR count). The summed E-state index contributed by atoms with van der Waals surface area (Å²) in [6.07, 6.45) is 0. The minimum atomic E-state index is -0.561. The SMILES string of the molecule is COC(=O)c1cc(NC(=O)CBr)cc(NC(=O)CBr)c1. The summed E-state index contributed by atoms with van der Waals surface area (Å²) >= 11 is 6.05. The second kappa shape index (κ2) is 8.01. The van der Waals surface area contributed by atoms with E-state index in [0.29, 0.717) is 11.4 Å². The monoisotopic (exact) mass is 406 g/mol. The molecule has 0 fully saturated rings. The molecule has 0 aliphatic carbocycles. The number of alkyl halides is 2. The van der Waals surface area contributed by atoms with Gasteiger partial charge in [-0.25, -0.2) is 4.79 Å². The van der Waals surface area contributed by atoms with Gasteiger partial charge in [-0.15, -0.1) is 0 Å². The number of nitrogens with one attached hydrogen (secondary N) is 2. The molecule has 0 heterocycles. The first-order valence-corrected chi connectivity index (χ1v) is 7.69. The second-order valence-corrected chi connectivity index (χ2v) is 4.78. The van der Waals surface area contributed by atoms with Crippen LogP contribution in [0.3, 0.4) is 0 Å². The van der Waals surface area contributed by atoms with Crippen LogP contribution in [0.2, 0.25) is 0 Å².